The first-order valence-corrected chi connectivity index (χ1v) is 10.0. The van der Waals surface area contributed by atoms with Crippen LogP contribution in [0, 0.1) is 5.82 Å². The number of thioether (sulfide) groups is 1. The average molecular weight is 436 g/mol. The third-order valence-corrected chi connectivity index (χ3v) is 5.72. The number of imidazole rings is 1. The fourth-order valence-corrected chi connectivity index (χ4v) is 3.85. The zero-order valence-corrected chi connectivity index (χ0v) is 16.9. The van der Waals surface area contributed by atoms with E-state index in [9.17, 15) is 9.18 Å². The quantitative estimate of drug-likeness (QED) is 0.597. The van der Waals surface area contributed by atoms with Gasteiger partial charge in [0.1, 0.15) is 11.6 Å². The van der Waals surface area contributed by atoms with Gasteiger partial charge in [-0.2, -0.15) is 0 Å². The third kappa shape index (κ3) is 4.45. The molecule has 1 atom stereocenters. The fourth-order valence-electron chi connectivity index (χ4n) is 2.56. The highest BCUT2D eigenvalue weighted by atomic mass is 79.9. The number of nitrogens with zero attached hydrogens (tertiary/aromatic N) is 2. The summed E-state index contributed by atoms with van der Waals surface area (Å²) in [4.78, 5) is 21.8. The lowest BCUT2D eigenvalue weighted by atomic mass is 10.2. The molecule has 3 aromatic rings. The molecule has 0 radical (unpaired) electrons. The van der Waals surface area contributed by atoms with Crippen molar-refractivity contribution in [3.63, 3.8) is 0 Å². The first kappa shape index (κ1) is 18.9. The predicted octanol–water partition coefficient (Wildman–Crippen LogP) is 4.92. The summed E-state index contributed by atoms with van der Waals surface area (Å²) in [5.74, 6) is 0.808. The molecular weight excluding hydrogens is 417 g/mol. The van der Waals surface area contributed by atoms with E-state index in [1.54, 1.807) is 24.1 Å². The Labute approximate surface area is 164 Å². The molecule has 136 valence electrons. The maximum absolute atomic E-state index is 13.9. The van der Waals surface area contributed by atoms with E-state index in [-0.39, 0.29) is 23.5 Å². The van der Waals surface area contributed by atoms with E-state index in [1.807, 2.05) is 31.2 Å². The van der Waals surface area contributed by atoms with Crippen LogP contribution in [0.5, 0.6) is 0 Å². The van der Waals surface area contributed by atoms with E-state index in [0.29, 0.717) is 11.3 Å². The molecule has 0 saturated heterocycles. The number of para-hydroxylation sites is 2. The second-order valence-electron chi connectivity index (χ2n) is 6.08. The SMILES string of the molecule is CC(SCC(=O)N(C)Cc1cc(Br)ccc1F)c1nc2ccccc2[nH]1. The Balaban J connectivity index is 1.58. The number of benzene rings is 2. The number of carbonyl (C=O) groups excluding carboxylic acids is 1. The van der Waals surface area contributed by atoms with Crippen LogP contribution in [0.4, 0.5) is 4.39 Å². The number of H-pyrrole nitrogens is 1. The highest BCUT2D eigenvalue weighted by molar-refractivity contribution is 9.10. The molecule has 1 amide bonds. The van der Waals surface area contributed by atoms with Crippen LogP contribution >= 0.6 is 27.7 Å². The van der Waals surface area contributed by atoms with Gasteiger partial charge >= 0.3 is 0 Å². The van der Waals surface area contributed by atoms with Crippen molar-refractivity contribution in [1.29, 1.82) is 0 Å². The van der Waals surface area contributed by atoms with Gasteiger partial charge in [0.15, 0.2) is 0 Å². The van der Waals surface area contributed by atoms with Gasteiger partial charge in [-0.3, -0.25) is 4.79 Å². The first-order valence-electron chi connectivity index (χ1n) is 8.18. The number of aromatic nitrogens is 2. The van der Waals surface area contributed by atoms with Gasteiger partial charge < -0.3 is 9.88 Å². The summed E-state index contributed by atoms with van der Waals surface area (Å²) in [7, 11) is 1.69. The Morgan fingerprint density at radius 1 is 1.35 bits per heavy atom. The van der Waals surface area contributed by atoms with Crippen molar-refractivity contribution in [1.82, 2.24) is 14.9 Å². The standard InChI is InChI=1S/C19H19BrFN3OS/c1-12(19-22-16-5-3-4-6-17(16)23-19)26-11-18(25)24(2)10-13-9-14(20)7-8-15(13)21/h3-9,12H,10-11H2,1-2H3,(H,22,23). The number of rotatable bonds is 6. The van der Waals surface area contributed by atoms with Crippen molar-refractivity contribution < 1.29 is 9.18 Å². The summed E-state index contributed by atoms with van der Waals surface area (Å²) in [5.41, 5.74) is 2.40. The Hall–Kier alpha value is -1.86. The van der Waals surface area contributed by atoms with Crippen molar-refractivity contribution in [2.75, 3.05) is 12.8 Å². The second kappa shape index (κ2) is 8.22. The van der Waals surface area contributed by atoms with E-state index < -0.39 is 0 Å². The minimum atomic E-state index is -0.309. The number of hydrogen-bond donors (Lipinski definition) is 1. The summed E-state index contributed by atoms with van der Waals surface area (Å²) in [6.45, 7) is 2.26. The number of halogens is 2. The van der Waals surface area contributed by atoms with Gasteiger partial charge in [0.05, 0.1) is 22.0 Å². The van der Waals surface area contributed by atoms with Gasteiger partial charge in [-0.1, -0.05) is 28.1 Å². The van der Waals surface area contributed by atoms with Crippen LogP contribution in [-0.4, -0.2) is 33.6 Å². The summed E-state index contributed by atoms with van der Waals surface area (Å²) in [6.07, 6.45) is 0. The molecular formula is C19H19BrFN3OS. The smallest absolute Gasteiger partial charge is 0.232 e. The highest BCUT2D eigenvalue weighted by Gasteiger charge is 2.16. The van der Waals surface area contributed by atoms with Gasteiger partial charge in [-0.15, -0.1) is 11.8 Å². The topological polar surface area (TPSA) is 49.0 Å². The zero-order valence-electron chi connectivity index (χ0n) is 14.5. The maximum atomic E-state index is 13.9. The molecule has 2 aromatic carbocycles. The number of fused-ring (bicyclic) bond motifs is 1. The van der Waals surface area contributed by atoms with E-state index >= 15 is 0 Å². The molecule has 0 fully saturated rings. The highest BCUT2D eigenvalue weighted by Crippen LogP contribution is 2.28. The Kier molecular flexibility index (Phi) is 5.98. The molecule has 1 unspecified atom stereocenters. The van der Waals surface area contributed by atoms with Gasteiger partial charge in [0.25, 0.3) is 0 Å². The molecule has 1 heterocycles. The average Bonchev–Trinajstić information content (AvgIpc) is 3.06. The monoisotopic (exact) mass is 435 g/mol. The predicted molar refractivity (Wildman–Crippen MR) is 108 cm³/mol. The maximum Gasteiger partial charge on any atom is 0.232 e. The van der Waals surface area contributed by atoms with Crippen molar-refractivity contribution in [3.8, 4) is 0 Å². The van der Waals surface area contributed by atoms with E-state index in [2.05, 4.69) is 25.9 Å². The van der Waals surface area contributed by atoms with Crippen LogP contribution in [-0.2, 0) is 11.3 Å². The largest absolute Gasteiger partial charge is 0.341 e. The molecule has 0 bridgehead atoms. The fraction of sp³-hybridized carbons (Fsp3) is 0.263. The summed E-state index contributed by atoms with van der Waals surface area (Å²) in [6, 6.07) is 12.6. The molecule has 26 heavy (non-hydrogen) atoms. The number of carbonyl (C=O) groups is 1. The Morgan fingerprint density at radius 2 is 2.12 bits per heavy atom. The lowest BCUT2D eigenvalue weighted by Crippen LogP contribution is -2.28. The Bertz CT molecular complexity index is 897. The van der Waals surface area contributed by atoms with Gasteiger partial charge in [0.2, 0.25) is 5.91 Å². The van der Waals surface area contributed by atoms with Gasteiger partial charge in [-0.25, -0.2) is 9.37 Å². The zero-order chi connectivity index (χ0) is 18.7. The number of hydrogen-bond acceptors (Lipinski definition) is 3. The summed E-state index contributed by atoms with van der Waals surface area (Å²) >= 11 is 4.84. The van der Waals surface area contributed by atoms with Crippen LogP contribution < -0.4 is 0 Å². The molecule has 0 aliphatic heterocycles. The van der Waals surface area contributed by atoms with Crippen LogP contribution in [0.1, 0.15) is 23.6 Å². The van der Waals surface area contributed by atoms with Gasteiger partial charge in [0, 0.05) is 23.6 Å². The lowest BCUT2D eigenvalue weighted by molar-refractivity contribution is -0.127. The molecule has 0 spiro atoms. The number of amides is 1. The molecule has 0 aliphatic rings. The minimum absolute atomic E-state index is 0.0441. The molecule has 0 aliphatic carbocycles. The van der Waals surface area contributed by atoms with Crippen molar-refractivity contribution in [3.05, 3.63) is 64.1 Å². The normalized spacial score (nSPS) is 12.3. The number of aromatic amines is 1. The lowest BCUT2D eigenvalue weighted by Gasteiger charge is -2.18. The van der Waals surface area contributed by atoms with Crippen molar-refractivity contribution >= 4 is 44.6 Å². The minimum Gasteiger partial charge on any atom is -0.341 e. The summed E-state index contributed by atoms with van der Waals surface area (Å²) < 4.78 is 14.6. The molecule has 7 heteroatoms. The van der Waals surface area contributed by atoms with Crippen LogP contribution in [0.2, 0.25) is 0 Å². The van der Waals surface area contributed by atoms with Crippen LogP contribution in [0.25, 0.3) is 11.0 Å². The molecule has 1 N–H and O–H groups in total. The molecule has 0 saturated carbocycles. The number of nitrogens with one attached hydrogen (secondary N) is 1. The first-order chi connectivity index (χ1) is 12.4. The molecule has 1 aromatic heterocycles. The Morgan fingerprint density at radius 3 is 2.88 bits per heavy atom. The van der Waals surface area contributed by atoms with Crippen LogP contribution in [0.15, 0.2) is 46.9 Å². The van der Waals surface area contributed by atoms with Gasteiger partial charge in [-0.05, 0) is 37.3 Å². The van der Waals surface area contributed by atoms with E-state index in [4.69, 9.17) is 0 Å². The van der Waals surface area contributed by atoms with E-state index in [1.165, 1.54) is 17.8 Å². The second-order valence-corrected chi connectivity index (χ2v) is 8.32. The molecule has 4 nitrogen and oxygen atoms in total. The van der Waals surface area contributed by atoms with Crippen molar-refractivity contribution in [2.45, 2.75) is 18.7 Å². The summed E-state index contributed by atoms with van der Waals surface area (Å²) in [5, 5.41) is 0.0577. The van der Waals surface area contributed by atoms with Crippen molar-refractivity contribution in [2.24, 2.45) is 0 Å². The molecule has 3 rings (SSSR count). The van der Waals surface area contributed by atoms with Crippen LogP contribution in [0.3, 0.4) is 0 Å². The third-order valence-electron chi connectivity index (χ3n) is 4.09. The van der Waals surface area contributed by atoms with E-state index in [0.717, 1.165) is 21.3 Å².